The molecule has 19 heavy (non-hydrogen) atoms. The maximum atomic E-state index is 12.6. The maximum absolute atomic E-state index is 12.6. The van der Waals surface area contributed by atoms with Crippen molar-refractivity contribution in [3.8, 4) is 0 Å². The Bertz CT molecular complexity index is 338. The van der Waals surface area contributed by atoms with Gasteiger partial charge in [-0.1, -0.05) is 12.8 Å². The van der Waals surface area contributed by atoms with Crippen molar-refractivity contribution >= 4 is 11.8 Å². The molecule has 1 saturated carbocycles. The summed E-state index contributed by atoms with van der Waals surface area (Å²) in [5.41, 5.74) is 11.1. The van der Waals surface area contributed by atoms with Crippen LogP contribution in [0.1, 0.15) is 38.5 Å². The molecule has 0 aromatic carbocycles. The minimum Gasteiger partial charge on any atom is -0.369 e. The highest BCUT2D eigenvalue weighted by atomic mass is 16.2. The lowest BCUT2D eigenvalue weighted by atomic mass is 9.78. The lowest BCUT2D eigenvalue weighted by Crippen LogP contribution is -2.47. The van der Waals surface area contributed by atoms with Gasteiger partial charge in [0.2, 0.25) is 11.8 Å². The third-order valence-corrected chi connectivity index (χ3v) is 4.74. The van der Waals surface area contributed by atoms with E-state index in [0.29, 0.717) is 38.4 Å². The number of carbonyl (C=O) groups is 2. The van der Waals surface area contributed by atoms with Gasteiger partial charge in [-0.05, 0) is 38.1 Å². The zero-order valence-corrected chi connectivity index (χ0v) is 11.5. The van der Waals surface area contributed by atoms with Gasteiger partial charge in [-0.2, -0.15) is 0 Å². The number of nitrogens with two attached hydrogens (primary N) is 2. The largest absolute Gasteiger partial charge is 0.369 e. The van der Waals surface area contributed by atoms with Crippen molar-refractivity contribution in [1.82, 2.24) is 4.90 Å². The van der Waals surface area contributed by atoms with E-state index in [9.17, 15) is 9.59 Å². The molecule has 2 amide bonds. The summed E-state index contributed by atoms with van der Waals surface area (Å²) in [6, 6.07) is 0. The molecule has 1 aliphatic carbocycles. The van der Waals surface area contributed by atoms with Crippen molar-refractivity contribution in [1.29, 1.82) is 0 Å². The van der Waals surface area contributed by atoms with Crippen LogP contribution in [0.5, 0.6) is 0 Å². The van der Waals surface area contributed by atoms with Crippen molar-refractivity contribution in [2.24, 2.45) is 29.2 Å². The molecule has 5 nitrogen and oxygen atoms in total. The van der Waals surface area contributed by atoms with E-state index in [-0.39, 0.29) is 23.7 Å². The number of amides is 2. The summed E-state index contributed by atoms with van der Waals surface area (Å²) in [7, 11) is 0. The predicted octanol–water partition coefficient (Wildman–Crippen LogP) is 0.475. The summed E-state index contributed by atoms with van der Waals surface area (Å²) in [4.78, 5) is 25.6. The van der Waals surface area contributed by atoms with Crippen LogP contribution in [-0.2, 0) is 9.59 Å². The number of hydrogen-bond donors (Lipinski definition) is 2. The first-order valence-electron chi connectivity index (χ1n) is 7.41. The van der Waals surface area contributed by atoms with E-state index < -0.39 is 0 Å². The molecule has 2 atom stereocenters. The number of primary amides is 1. The van der Waals surface area contributed by atoms with E-state index in [1.165, 1.54) is 6.42 Å². The first kappa shape index (κ1) is 14.3. The van der Waals surface area contributed by atoms with E-state index in [4.69, 9.17) is 11.5 Å². The van der Waals surface area contributed by atoms with Gasteiger partial charge in [0.1, 0.15) is 0 Å². The van der Waals surface area contributed by atoms with Gasteiger partial charge in [-0.3, -0.25) is 9.59 Å². The predicted molar refractivity (Wildman–Crippen MR) is 73.0 cm³/mol. The molecule has 0 bridgehead atoms. The summed E-state index contributed by atoms with van der Waals surface area (Å²) >= 11 is 0. The molecule has 2 rings (SSSR count). The fraction of sp³-hybridized carbons (Fsp3) is 0.857. The number of nitrogens with zero attached hydrogens (tertiary/aromatic N) is 1. The van der Waals surface area contributed by atoms with E-state index in [0.717, 1.165) is 19.3 Å². The first-order chi connectivity index (χ1) is 9.13. The molecule has 2 unspecified atom stereocenters. The summed E-state index contributed by atoms with van der Waals surface area (Å²) < 4.78 is 0. The van der Waals surface area contributed by atoms with Crippen molar-refractivity contribution < 1.29 is 9.59 Å². The molecule has 0 aromatic rings. The minimum atomic E-state index is -0.232. The number of likely N-dealkylation sites (tertiary alicyclic amines) is 1. The second-order valence-electron chi connectivity index (χ2n) is 5.89. The van der Waals surface area contributed by atoms with Gasteiger partial charge in [-0.25, -0.2) is 0 Å². The molecular weight excluding hydrogens is 242 g/mol. The van der Waals surface area contributed by atoms with Crippen molar-refractivity contribution in [3.63, 3.8) is 0 Å². The van der Waals surface area contributed by atoms with Gasteiger partial charge in [0.15, 0.2) is 0 Å². The van der Waals surface area contributed by atoms with Gasteiger partial charge >= 0.3 is 0 Å². The van der Waals surface area contributed by atoms with Crippen molar-refractivity contribution in [2.45, 2.75) is 38.5 Å². The molecule has 1 aliphatic heterocycles. The Morgan fingerprint density at radius 3 is 2.26 bits per heavy atom. The molecule has 1 saturated heterocycles. The van der Waals surface area contributed by atoms with Gasteiger partial charge < -0.3 is 16.4 Å². The zero-order chi connectivity index (χ0) is 13.8. The second-order valence-corrected chi connectivity index (χ2v) is 5.89. The van der Waals surface area contributed by atoms with E-state index in [1.54, 1.807) is 0 Å². The van der Waals surface area contributed by atoms with Crippen LogP contribution in [0.25, 0.3) is 0 Å². The molecule has 5 heteroatoms. The van der Waals surface area contributed by atoms with Crippen LogP contribution in [-0.4, -0.2) is 36.3 Å². The van der Waals surface area contributed by atoms with E-state index in [1.807, 2.05) is 4.90 Å². The highest BCUT2D eigenvalue weighted by molar-refractivity contribution is 5.80. The Morgan fingerprint density at radius 1 is 1.05 bits per heavy atom. The van der Waals surface area contributed by atoms with Crippen molar-refractivity contribution in [2.75, 3.05) is 19.6 Å². The highest BCUT2D eigenvalue weighted by Gasteiger charge is 2.34. The quantitative estimate of drug-likeness (QED) is 0.779. The number of hydrogen-bond acceptors (Lipinski definition) is 3. The maximum Gasteiger partial charge on any atom is 0.226 e. The molecule has 0 aromatic heterocycles. The smallest absolute Gasteiger partial charge is 0.226 e. The standard InChI is InChI=1S/C14H25N3O2/c15-9-11-3-1-2-4-12(11)14(19)17-7-5-10(6-8-17)13(16)18/h10-12H,1-9,15H2,(H2,16,18). The average Bonchev–Trinajstić information content (AvgIpc) is 2.46. The van der Waals surface area contributed by atoms with Crippen LogP contribution in [0, 0.1) is 17.8 Å². The molecule has 108 valence electrons. The van der Waals surface area contributed by atoms with Gasteiger partial charge in [-0.15, -0.1) is 0 Å². The van der Waals surface area contributed by atoms with Crippen LogP contribution in [0.15, 0.2) is 0 Å². The SMILES string of the molecule is NCC1CCCCC1C(=O)N1CCC(C(N)=O)CC1. The molecule has 0 radical (unpaired) electrons. The third kappa shape index (κ3) is 3.26. The summed E-state index contributed by atoms with van der Waals surface area (Å²) in [5, 5.41) is 0. The van der Waals surface area contributed by atoms with Gasteiger partial charge in [0.25, 0.3) is 0 Å². The van der Waals surface area contributed by atoms with Crippen LogP contribution in [0.4, 0.5) is 0 Å². The summed E-state index contributed by atoms with van der Waals surface area (Å²) in [5.74, 6) is 0.405. The molecular formula is C14H25N3O2. The molecule has 4 N–H and O–H groups in total. The Morgan fingerprint density at radius 2 is 1.68 bits per heavy atom. The third-order valence-electron chi connectivity index (χ3n) is 4.74. The molecule has 0 spiro atoms. The van der Waals surface area contributed by atoms with E-state index >= 15 is 0 Å². The van der Waals surface area contributed by atoms with Crippen molar-refractivity contribution in [3.05, 3.63) is 0 Å². The number of carbonyl (C=O) groups excluding carboxylic acids is 2. The first-order valence-corrected chi connectivity index (χ1v) is 7.41. The molecule has 2 aliphatic rings. The molecule has 1 heterocycles. The molecule has 2 fully saturated rings. The van der Waals surface area contributed by atoms with Crippen LogP contribution in [0.3, 0.4) is 0 Å². The number of rotatable bonds is 3. The Labute approximate surface area is 114 Å². The second kappa shape index (κ2) is 6.37. The normalized spacial score (nSPS) is 29.2. The average molecular weight is 267 g/mol. The fourth-order valence-electron chi connectivity index (χ4n) is 3.43. The zero-order valence-electron chi connectivity index (χ0n) is 11.5. The fourth-order valence-corrected chi connectivity index (χ4v) is 3.43. The Hall–Kier alpha value is -1.10. The lowest BCUT2D eigenvalue weighted by Gasteiger charge is -2.37. The summed E-state index contributed by atoms with van der Waals surface area (Å²) in [6.07, 6.45) is 5.78. The minimum absolute atomic E-state index is 0.0549. The topological polar surface area (TPSA) is 89.4 Å². The van der Waals surface area contributed by atoms with E-state index in [2.05, 4.69) is 0 Å². The van der Waals surface area contributed by atoms with Crippen LogP contribution >= 0.6 is 0 Å². The number of piperidine rings is 1. The highest BCUT2D eigenvalue weighted by Crippen LogP contribution is 2.31. The summed E-state index contributed by atoms with van der Waals surface area (Å²) in [6.45, 7) is 1.94. The monoisotopic (exact) mass is 267 g/mol. The van der Waals surface area contributed by atoms with Crippen LogP contribution in [0.2, 0.25) is 0 Å². The lowest BCUT2D eigenvalue weighted by molar-refractivity contribution is -0.141. The van der Waals surface area contributed by atoms with Gasteiger partial charge in [0.05, 0.1) is 0 Å². The van der Waals surface area contributed by atoms with Gasteiger partial charge in [0, 0.05) is 24.9 Å². The van der Waals surface area contributed by atoms with Crippen LogP contribution < -0.4 is 11.5 Å². The Kier molecular flexibility index (Phi) is 4.80. The Balaban J connectivity index is 1.91.